The molecular formula is C15H23NO. The molecule has 0 heterocycles. The Morgan fingerprint density at radius 2 is 1.94 bits per heavy atom. The van der Waals surface area contributed by atoms with Crippen molar-refractivity contribution < 1.29 is 5.11 Å². The number of benzene rings is 1. The molecule has 0 spiro atoms. The van der Waals surface area contributed by atoms with Gasteiger partial charge in [-0.05, 0) is 24.3 Å². The molecule has 0 aromatic heterocycles. The molecular weight excluding hydrogens is 210 g/mol. The lowest BCUT2D eigenvalue weighted by Crippen LogP contribution is -2.39. The molecule has 1 aromatic rings. The highest BCUT2D eigenvalue weighted by atomic mass is 16.3. The van der Waals surface area contributed by atoms with Crippen molar-refractivity contribution in [3.8, 4) is 0 Å². The zero-order valence-electron chi connectivity index (χ0n) is 10.6. The van der Waals surface area contributed by atoms with Gasteiger partial charge in [0.1, 0.15) is 0 Å². The lowest BCUT2D eigenvalue weighted by Gasteiger charge is -2.30. The first kappa shape index (κ1) is 12.6. The molecule has 2 N–H and O–H groups in total. The third-order valence-corrected chi connectivity index (χ3v) is 3.87. The highest BCUT2D eigenvalue weighted by Crippen LogP contribution is 2.24. The van der Waals surface area contributed by atoms with Crippen molar-refractivity contribution in [1.82, 2.24) is 5.32 Å². The second-order valence-corrected chi connectivity index (χ2v) is 5.20. The molecule has 17 heavy (non-hydrogen) atoms. The van der Waals surface area contributed by atoms with E-state index >= 15 is 0 Å². The number of hydrogen-bond donors (Lipinski definition) is 2. The summed E-state index contributed by atoms with van der Waals surface area (Å²) in [6.07, 6.45) is 4.87. The fourth-order valence-corrected chi connectivity index (χ4v) is 2.68. The molecule has 1 saturated carbocycles. The Morgan fingerprint density at radius 1 is 1.24 bits per heavy atom. The van der Waals surface area contributed by atoms with Crippen molar-refractivity contribution in [1.29, 1.82) is 0 Å². The second-order valence-electron chi connectivity index (χ2n) is 5.20. The highest BCUT2D eigenvalue weighted by Gasteiger charge is 2.21. The van der Waals surface area contributed by atoms with Crippen LogP contribution in [0.1, 0.15) is 44.3 Å². The molecule has 94 valence electrons. The van der Waals surface area contributed by atoms with E-state index in [1.807, 2.05) is 30.3 Å². The molecule has 3 atom stereocenters. The fourth-order valence-electron chi connectivity index (χ4n) is 2.68. The molecule has 0 bridgehead atoms. The fraction of sp³-hybridized carbons (Fsp3) is 0.600. The van der Waals surface area contributed by atoms with Crippen LogP contribution < -0.4 is 5.32 Å². The van der Waals surface area contributed by atoms with Crippen LogP contribution >= 0.6 is 0 Å². The van der Waals surface area contributed by atoms with Crippen molar-refractivity contribution in [2.45, 2.75) is 44.8 Å². The topological polar surface area (TPSA) is 32.3 Å². The Balaban J connectivity index is 1.81. The predicted molar refractivity (Wildman–Crippen MR) is 70.8 cm³/mol. The summed E-state index contributed by atoms with van der Waals surface area (Å²) in [5, 5.41) is 13.6. The molecule has 2 heteroatoms. The van der Waals surface area contributed by atoms with Gasteiger partial charge in [0.2, 0.25) is 0 Å². The molecule has 3 unspecified atom stereocenters. The van der Waals surface area contributed by atoms with Crippen LogP contribution in [0.4, 0.5) is 0 Å². The third kappa shape index (κ3) is 3.55. The molecule has 1 aliphatic carbocycles. The van der Waals surface area contributed by atoms with E-state index in [9.17, 15) is 5.11 Å². The lowest BCUT2D eigenvalue weighted by molar-refractivity contribution is 0.157. The normalized spacial score (nSPS) is 26.7. The summed E-state index contributed by atoms with van der Waals surface area (Å²) in [4.78, 5) is 0. The van der Waals surface area contributed by atoms with Gasteiger partial charge in [-0.3, -0.25) is 0 Å². The van der Waals surface area contributed by atoms with Gasteiger partial charge >= 0.3 is 0 Å². The number of aliphatic hydroxyl groups is 1. The first-order chi connectivity index (χ1) is 8.27. The van der Waals surface area contributed by atoms with E-state index in [-0.39, 0.29) is 6.10 Å². The summed E-state index contributed by atoms with van der Waals surface area (Å²) >= 11 is 0. The van der Waals surface area contributed by atoms with Crippen molar-refractivity contribution in [3.63, 3.8) is 0 Å². The summed E-state index contributed by atoms with van der Waals surface area (Å²) in [7, 11) is 0. The number of aliphatic hydroxyl groups excluding tert-OH is 1. The van der Waals surface area contributed by atoms with Gasteiger partial charge in [-0.15, -0.1) is 0 Å². The molecule has 0 aliphatic heterocycles. The van der Waals surface area contributed by atoms with Crippen molar-refractivity contribution in [3.05, 3.63) is 35.9 Å². The van der Waals surface area contributed by atoms with Crippen molar-refractivity contribution >= 4 is 0 Å². The minimum absolute atomic E-state index is 0.384. The molecule has 0 amide bonds. The standard InChI is InChI=1S/C15H23NO/c1-12-7-5-6-10-14(12)16-11-15(17)13-8-3-2-4-9-13/h2-4,8-9,12,14-17H,5-7,10-11H2,1H3. The molecule has 1 aliphatic rings. The molecule has 0 radical (unpaired) electrons. The zero-order chi connectivity index (χ0) is 12.1. The highest BCUT2D eigenvalue weighted by molar-refractivity contribution is 5.17. The predicted octanol–water partition coefficient (Wildman–Crippen LogP) is 2.89. The smallest absolute Gasteiger partial charge is 0.0914 e. The minimum Gasteiger partial charge on any atom is -0.387 e. The van der Waals surface area contributed by atoms with E-state index in [2.05, 4.69) is 12.2 Å². The zero-order valence-corrected chi connectivity index (χ0v) is 10.6. The van der Waals surface area contributed by atoms with Gasteiger partial charge in [0.25, 0.3) is 0 Å². The van der Waals surface area contributed by atoms with E-state index in [0.29, 0.717) is 12.6 Å². The summed E-state index contributed by atoms with van der Waals surface area (Å²) in [6.45, 7) is 2.98. The molecule has 2 rings (SSSR count). The third-order valence-electron chi connectivity index (χ3n) is 3.87. The summed E-state index contributed by atoms with van der Waals surface area (Å²) < 4.78 is 0. The first-order valence-corrected chi connectivity index (χ1v) is 6.74. The summed E-state index contributed by atoms with van der Waals surface area (Å²) in [6, 6.07) is 10.5. The van der Waals surface area contributed by atoms with E-state index in [0.717, 1.165) is 11.5 Å². The van der Waals surface area contributed by atoms with Gasteiger partial charge in [-0.2, -0.15) is 0 Å². The summed E-state index contributed by atoms with van der Waals surface area (Å²) in [5.74, 6) is 0.742. The Kier molecular flexibility index (Phi) is 4.57. The van der Waals surface area contributed by atoms with Crippen LogP contribution in [0.25, 0.3) is 0 Å². The van der Waals surface area contributed by atoms with Gasteiger partial charge in [-0.25, -0.2) is 0 Å². The van der Waals surface area contributed by atoms with Gasteiger partial charge < -0.3 is 10.4 Å². The van der Waals surface area contributed by atoms with Crippen LogP contribution in [0, 0.1) is 5.92 Å². The molecule has 1 aromatic carbocycles. The van der Waals surface area contributed by atoms with Crippen LogP contribution in [0.15, 0.2) is 30.3 Å². The van der Waals surface area contributed by atoms with Gasteiger partial charge in [-0.1, -0.05) is 50.1 Å². The van der Waals surface area contributed by atoms with Gasteiger partial charge in [0.05, 0.1) is 6.10 Å². The maximum atomic E-state index is 10.1. The maximum absolute atomic E-state index is 10.1. The average Bonchev–Trinajstić information content (AvgIpc) is 2.38. The van der Waals surface area contributed by atoms with Crippen LogP contribution in [-0.4, -0.2) is 17.7 Å². The quantitative estimate of drug-likeness (QED) is 0.838. The Morgan fingerprint density at radius 3 is 2.65 bits per heavy atom. The van der Waals surface area contributed by atoms with Crippen LogP contribution in [0.2, 0.25) is 0 Å². The second kappa shape index (κ2) is 6.18. The SMILES string of the molecule is CC1CCCCC1NCC(O)c1ccccc1. The number of hydrogen-bond acceptors (Lipinski definition) is 2. The Hall–Kier alpha value is -0.860. The van der Waals surface area contributed by atoms with E-state index in [1.165, 1.54) is 25.7 Å². The van der Waals surface area contributed by atoms with Gasteiger partial charge in [0.15, 0.2) is 0 Å². The number of rotatable bonds is 4. The average molecular weight is 233 g/mol. The van der Waals surface area contributed by atoms with Crippen LogP contribution in [0.3, 0.4) is 0 Å². The van der Waals surface area contributed by atoms with Gasteiger partial charge in [0, 0.05) is 12.6 Å². The molecule has 0 saturated heterocycles. The van der Waals surface area contributed by atoms with E-state index in [4.69, 9.17) is 0 Å². The Labute approximate surface area is 104 Å². The lowest BCUT2D eigenvalue weighted by atomic mass is 9.86. The summed E-state index contributed by atoms with van der Waals surface area (Å²) in [5.41, 5.74) is 1.00. The van der Waals surface area contributed by atoms with E-state index in [1.54, 1.807) is 0 Å². The van der Waals surface area contributed by atoms with Crippen LogP contribution in [0.5, 0.6) is 0 Å². The largest absolute Gasteiger partial charge is 0.387 e. The minimum atomic E-state index is -0.384. The Bertz CT molecular complexity index is 325. The first-order valence-electron chi connectivity index (χ1n) is 6.74. The van der Waals surface area contributed by atoms with Crippen LogP contribution in [-0.2, 0) is 0 Å². The van der Waals surface area contributed by atoms with Crippen molar-refractivity contribution in [2.75, 3.05) is 6.54 Å². The monoisotopic (exact) mass is 233 g/mol. The molecule has 2 nitrogen and oxygen atoms in total. The molecule has 1 fully saturated rings. The maximum Gasteiger partial charge on any atom is 0.0914 e. The van der Waals surface area contributed by atoms with Crippen molar-refractivity contribution in [2.24, 2.45) is 5.92 Å². The van der Waals surface area contributed by atoms with E-state index < -0.39 is 0 Å². The number of nitrogens with one attached hydrogen (secondary N) is 1.